The highest BCUT2D eigenvalue weighted by atomic mass is 35.5. The molecule has 1 aliphatic rings. The van der Waals surface area contributed by atoms with Crippen LogP contribution in [-0.2, 0) is 19.3 Å². The number of hydrogen-bond acceptors (Lipinski definition) is 1. The lowest BCUT2D eigenvalue weighted by Gasteiger charge is -2.19. The summed E-state index contributed by atoms with van der Waals surface area (Å²) in [7, 11) is 1.91. The highest BCUT2D eigenvalue weighted by molar-refractivity contribution is 6.31. The third kappa shape index (κ3) is 3.12. The van der Waals surface area contributed by atoms with E-state index in [1.807, 2.05) is 7.05 Å². The number of fused-ring (bicyclic) bond motifs is 1. The number of rotatable bonds is 4. The molecule has 0 spiro atoms. The molecule has 1 nitrogen and oxygen atoms in total. The quantitative estimate of drug-likeness (QED) is 0.878. The van der Waals surface area contributed by atoms with Crippen molar-refractivity contribution in [2.45, 2.75) is 31.7 Å². The van der Waals surface area contributed by atoms with Gasteiger partial charge in [-0.2, -0.15) is 0 Å². The van der Waals surface area contributed by atoms with E-state index in [0.29, 0.717) is 5.02 Å². The van der Waals surface area contributed by atoms with E-state index in [2.05, 4.69) is 23.5 Å². The van der Waals surface area contributed by atoms with Gasteiger partial charge in [0.05, 0.1) is 0 Å². The summed E-state index contributed by atoms with van der Waals surface area (Å²) in [6.07, 6.45) is 4.51. The molecule has 1 atom stereocenters. The molecule has 0 aliphatic heterocycles. The second-order valence-electron chi connectivity index (χ2n) is 5.67. The lowest BCUT2D eigenvalue weighted by molar-refractivity contribution is 0.586. The minimum absolute atomic E-state index is 0.0950. The van der Waals surface area contributed by atoms with Crippen molar-refractivity contribution in [3.8, 4) is 0 Å². The van der Waals surface area contributed by atoms with Gasteiger partial charge in [-0.15, -0.1) is 0 Å². The zero-order valence-electron chi connectivity index (χ0n) is 12.1. The summed E-state index contributed by atoms with van der Waals surface area (Å²) in [4.78, 5) is 0. The monoisotopic (exact) mass is 303 g/mol. The van der Waals surface area contributed by atoms with Crippen molar-refractivity contribution in [3.05, 3.63) is 69.5 Å². The van der Waals surface area contributed by atoms with Crippen LogP contribution in [0.5, 0.6) is 0 Å². The highest BCUT2D eigenvalue weighted by Gasteiger charge is 2.16. The van der Waals surface area contributed by atoms with Crippen molar-refractivity contribution in [1.82, 2.24) is 5.32 Å². The summed E-state index contributed by atoms with van der Waals surface area (Å²) in [6.45, 7) is 0. The fourth-order valence-corrected chi connectivity index (χ4v) is 3.44. The lowest BCUT2D eigenvalue weighted by Crippen LogP contribution is -2.19. The molecule has 0 saturated carbocycles. The molecule has 0 radical (unpaired) electrons. The molecule has 110 valence electrons. The number of benzene rings is 2. The van der Waals surface area contributed by atoms with Crippen molar-refractivity contribution < 1.29 is 4.39 Å². The first kappa shape index (κ1) is 14.6. The van der Waals surface area contributed by atoms with E-state index in [1.54, 1.807) is 6.07 Å². The second kappa shape index (κ2) is 6.17. The average Bonchev–Trinajstić information content (AvgIpc) is 2.93. The fraction of sp³-hybridized carbons (Fsp3) is 0.333. The van der Waals surface area contributed by atoms with Crippen molar-refractivity contribution in [2.75, 3.05) is 7.05 Å². The van der Waals surface area contributed by atoms with Crippen LogP contribution in [0.25, 0.3) is 0 Å². The van der Waals surface area contributed by atoms with Gasteiger partial charge in [0, 0.05) is 11.1 Å². The molecule has 0 aromatic heterocycles. The zero-order valence-corrected chi connectivity index (χ0v) is 12.9. The van der Waals surface area contributed by atoms with E-state index in [9.17, 15) is 4.39 Å². The highest BCUT2D eigenvalue weighted by Crippen LogP contribution is 2.28. The largest absolute Gasteiger partial charge is 0.313 e. The first-order valence-electron chi connectivity index (χ1n) is 7.40. The maximum Gasteiger partial charge on any atom is 0.124 e. The number of hydrogen-bond donors (Lipinski definition) is 1. The van der Waals surface area contributed by atoms with Gasteiger partial charge in [0.15, 0.2) is 0 Å². The molecule has 2 aromatic rings. The van der Waals surface area contributed by atoms with Gasteiger partial charge in [-0.05, 0) is 67.1 Å². The van der Waals surface area contributed by atoms with Crippen LogP contribution in [0, 0.1) is 5.82 Å². The average molecular weight is 304 g/mol. The Hall–Kier alpha value is -1.38. The molecule has 0 amide bonds. The third-order valence-corrected chi connectivity index (χ3v) is 4.62. The topological polar surface area (TPSA) is 12.0 Å². The first-order valence-corrected chi connectivity index (χ1v) is 7.78. The van der Waals surface area contributed by atoms with Crippen LogP contribution in [0.2, 0.25) is 5.02 Å². The predicted molar refractivity (Wildman–Crippen MR) is 85.4 cm³/mol. The minimum Gasteiger partial charge on any atom is -0.313 e. The number of nitrogens with one attached hydrogen (secondary N) is 1. The number of likely N-dealkylation sites (N-methyl/N-ethyl adjacent to an activating group) is 1. The normalized spacial score (nSPS) is 15.0. The molecule has 1 N–H and O–H groups in total. The molecular formula is C18H19ClFN. The van der Waals surface area contributed by atoms with E-state index >= 15 is 0 Å². The molecule has 0 fully saturated rings. The van der Waals surface area contributed by atoms with E-state index in [0.717, 1.165) is 12.0 Å². The summed E-state index contributed by atoms with van der Waals surface area (Å²) in [5.41, 5.74) is 5.21. The fourth-order valence-electron chi connectivity index (χ4n) is 3.14. The van der Waals surface area contributed by atoms with Gasteiger partial charge in [0.25, 0.3) is 0 Å². The van der Waals surface area contributed by atoms with Crippen molar-refractivity contribution in [2.24, 2.45) is 0 Å². The smallest absolute Gasteiger partial charge is 0.124 e. The van der Waals surface area contributed by atoms with Gasteiger partial charge >= 0.3 is 0 Å². The van der Waals surface area contributed by atoms with Gasteiger partial charge in [0.1, 0.15) is 5.82 Å². The molecule has 1 aliphatic carbocycles. The Morgan fingerprint density at radius 2 is 1.95 bits per heavy atom. The summed E-state index contributed by atoms with van der Waals surface area (Å²) in [6, 6.07) is 11.5. The summed E-state index contributed by atoms with van der Waals surface area (Å²) in [5.74, 6) is -0.295. The Morgan fingerprint density at radius 1 is 1.14 bits per heavy atom. The molecule has 3 heteroatoms. The van der Waals surface area contributed by atoms with Gasteiger partial charge in [0.2, 0.25) is 0 Å². The van der Waals surface area contributed by atoms with Gasteiger partial charge in [-0.25, -0.2) is 4.39 Å². The van der Waals surface area contributed by atoms with Crippen molar-refractivity contribution in [1.29, 1.82) is 0 Å². The van der Waals surface area contributed by atoms with Crippen LogP contribution in [0.1, 0.15) is 34.7 Å². The molecular weight excluding hydrogens is 285 g/mol. The lowest BCUT2D eigenvalue weighted by atomic mass is 9.96. The van der Waals surface area contributed by atoms with Gasteiger partial charge in [-0.1, -0.05) is 35.9 Å². The van der Waals surface area contributed by atoms with Crippen LogP contribution in [0.15, 0.2) is 36.4 Å². The van der Waals surface area contributed by atoms with Crippen molar-refractivity contribution in [3.63, 3.8) is 0 Å². The maximum atomic E-state index is 13.2. The SMILES string of the molecule is CNC(Cc1ccc2c(c1)CCC2)c1ccc(F)cc1Cl. The number of halogens is 2. The van der Waals surface area contributed by atoms with Crippen LogP contribution >= 0.6 is 11.6 Å². The molecule has 1 unspecified atom stereocenters. The van der Waals surface area contributed by atoms with E-state index in [-0.39, 0.29) is 11.9 Å². The molecule has 0 saturated heterocycles. The Morgan fingerprint density at radius 3 is 2.71 bits per heavy atom. The van der Waals surface area contributed by atoms with E-state index < -0.39 is 0 Å². The molecule has 21 heavy (non-hydrogen) atoms. The van der Waals surface area contributed by atoms with Crippen LogP contribution in [-0.4, -0.2) is 7.05 Å². The Labute approximate surface area is 130 Å². The zero-order chi connectivity index (χ0) is 14.8. The summed E-state index contributed by atoms with van der Waals surface area (Å²) in [5, 5.41) is 3.77. The Balaban J connectivity index is 1.84. The summed E-state index contributed by atoms with van der Waals surface area (Å²) < 4.78 is 13.2. The minimum atomic E-state index is -0.295. The molecule has 2 aromatic carbocycles. The molecule has 0 bridgehead atoms. The first-order chi connectivity index (χ1) is 10.2. The predicted octanol–water partition coefficient (Wildman–Crippen LogP) is 4.47. The Kier molecular flexibility index (Phi) is 4.27. The second-order valence-corrected chi connectivity index (χ2v) is 6.08. The number of aryl methyl sites for hydroxylation is 2. The van der Waals surface area contributed by atoms with Crippen LogP contribution in [0.4, 0.5) is 4.39 Å². The van der Waals surface area contributed by atoms with Crippen LogP contribution in [0.3, 0.4) is 0 Å². The van der Waals surface area contributed by atoms with Gasteiger partial charge < -0.3 is 5.32 Å². The van der Waals surface area contributed by atoms with E-state index in [1.165, 1.54) is 48.1 Å². The maximum absolute atomic E-state index is 13.2. The Bertz CT molecular complexity index is 654. The molecule has 3 rings (SSSR count). The van der Waals surface area contributed by atoms with Crippen LogP contribution < -0.4 is 5.32 Å². The third-order valence-electron chi connectivity index (χ3n) is 4.29. The van der Waals surface area contributed by atoms with Gasteiger partial charge in [-0.3, -0.25) is 0 Å². The standard InChI is InChI=1S/C18H19ClFN/c1-21-18(16-8-7-15(20)11-17(16)19)10-12-5-6-13-3-2-4-14(13)9-12/h5-9,11,18,21H,2-4,10H2,1H3. The van der Waals surface area contributed by atoms with E-state index in [4.69, 9.17) is 11.6 Å². The summed E-state index contributed by atoms with van der Waals surface area (Å²) >= 11 is 6.18. The van der Waals surface area contributed by atoms with Crippen molar-refractivity contribution >= 4 is 11.6 Å². The molecule has 0 heterocycles.